The van der Waals surface area contributed by atoms with E-state index in [9.17, 15) is 4.79 Å². The first-order valence-corrected chi connectivity index (χ1v) is 10.8. The Kier molecular flexibility index (Phi) is 6.29. The van der Waals surface area contributed by atoms with Crippen LogP contribution in [-0.4, -0.2) is 58.2 Å². The Morgan fingerprint density at radius 3 is 2.77 bits per heavy atom. The first-order chi connectivity index (χ1) is 14.6. The zero-order valence-electron chi connectivity index (χ0n) is 17.0. The predicted octanol–water partition coefficient (Wildman–Crippen LogP) is 2.85. The summed E-state index contributed by atoms with van der Waals surface area (Å²) < 4.78 is 7.11. The van der Waals surface area contributed by atoms with Crippen molar-refractivity contribution in [3.8, 4) is 5.69 Å². The Morgan fingerprint density at radius 2 is 1.93 bits per heavy atom. The zero-order chi connectivity index (χ0) is 20.9. The minimum atomic E-state index is -0.101. The molecule has 1 fully saturated rings. The van der Waals surface area contributed by atoms with Crippen LogP contribution in [0.5, 0.6) is 0 Å². The number of hydrogen-bond donors (Lipinski definition) is 1. The van der Waals surface area contributed by atoms with Gasteiger partial charge in [0.2, 0.25) is 11.1 Å². The highest BCUT2D eigenvalue weighted by atomic mass is 32.2. The number of benzene rings is 2. The zero-order valence-corrected chi connectivity index (χ0v) is 17.9. The van der Waals surface area contributed by atoms with Crippen molar-refractivity contribution in [3.63, 3.8) is 0 Å². The van der Waals surface area contributed by atoms with Crippen LogP contribution in [-0.2, 0) is 9.53 Å². The summed E-state index contributed by atoms with van der Waals surface area (Å²) in [5, 5.41) is 15.6. The molecule has 156 valence electrons. The van der Waals surface area contributed by atoms with E-state index in [0.717, 1.165) is 41.3 Å². The lowest BCUT2D eigenvalue weighted by Crippen LogP contribution is -2.36. The second kappa shape index (κ2) is 9.27. The number of aromatic nitrogens is 4. The van der Waals surface area contributed by atoms with E-state index in [2.05, 4.69) is 31.8 Å². The Morgan fingerprint density at radius 1 is 1.13 bits per heavy atom. The maximum absolute atomic E-state index is 12.7. The van der Waals surface area contributed by atoms with Crippen LogP contribution in [0.25, 0.3) is 5.69 Å². The predicted molar refractivity (Wildman–Crippen MR) is 117 cm³/mol. The van der Waals surface area contributed by atoms with Gasteiger partial charge in [0, 0.05) is 13.1 Å². The van der Waals surface area contributed by atoms with Crippen LogP contribution in [0, 0.1) is 13.8 Å². The van der Waals surface area contributed by atoms with Crippen molar-refractivity contribution in [3.05, 3.63) is 53.6 Å². The number of ether oxygens (including phenoxy) is 1. The van der Waals surface area contributed by atoms with Gasteiger partial charge in [0.25, 0.3) is 0 Å². The van der Waals surface area contributed by atoms with Gasteiger partial charge in [-0.15, -0.1) is 5.10 Å². The van der Waals surface area contributed by atoms with E-state index in [1.807, 2.05) is 50.2 Å². The molecule has 1 aromatic heterocycles. The number of amides is 1. The summed E-state index contributed by atoms with van der Waals surface area (Å²) in [5.74, 6) is 0.110. The van der Waals surface area contributed by atoms with Gasteiger partial charge >= 0.3 is 0 Å². The van der Waals surface area contributed by atoms with Gasteiger partial charge in [0.05, 0.1) is 36.0 Å². The van der Waals surface area contributed by atoms with Crippen LogP contribution in [0.2, 0.25) is 0 Å². The number of rotatable bonds is 6. The maximum atomic E-state index is 12.7. The number of anilines is 2. The molecule has 1 aliphatic heterocycles. The molecule has 9 heteroatoms. The molecule has 8 nitrogen and oxygen atoms in total. The first-order valence-electron chi connectivity index (χ1n) is 9.82. The van der Waals surface area contributed by atoms with Gasteiger partial charge in [-0.25, -0.2) is 0 Å². The van der Waals surface area contributed by atoms with Gasteiger partial charge in [-0.1, -0.05) is 36.0 Å². The Hall–Kier alpha value is -2.91. The summed E-state index contributed by atoms with van der Waals surface area (Å²) in [6, 6.07) is 14.0. The molecule has 2 aromatic carbocycles. The number of carbonyl (C=O) groups excluding carboxylic acids is 1. The summed E-state index contributed by atoms with van der Waals surface area (Å²) in [6.07, 6.45) is 0. The van der Waals surface area contributed by atoms with E-state index in [-0.39, 0.29) is 11.7 Å². The fraction of sp³-hybridized carbons (Fsp3) is 0.333. The third-order valence-corrected chi connectivity index (χ3v) is 5.82. The number of thioether (sulfide) groups is 1. The number of nitrogens with zero attached hydrogens (tertiary/aromatic N) is 5. The quantitative estimate of drug-likeness (QED) is 0.609. The van der Waals surface area contributed by atoms with E-state index in [1.54, 1.807) is 4.68 Å². The standard InChI is InChI=1S/C21H24N6O2S/c1-15-7-8-16(2)19(13-15)27-21(23-24-25-27)30-14-20(28)22-17-5-3-4-6-18(17)26-9-11-29-12-10-26/h3-8,13H,9-12,14H2,1-2H3,(H,22,28). The van der Waals surface area contributed by atoms with Gasteiger partial charge < -0.3 is 15.0 Å². The molecule has 0 atom stereocenters. The molecular weight excluding hydrogens is 400 g/mol. The first kappa shape index (κ1) is 20.4. The summed E-state index contributed by atoms with van der Waals surface area (Å²) >= 11 is 1.31. The highest BCUT2D eigenvalue weighted by molar-refractivity contribution is 7.99. The molecule has 30 heavy (non-hydrogen) atoms. The van der Waals surface area contributed by atoms with E-state index >= 15 is 0 Å². The molecule has 2 heterocycles. The summed E-state index contributed by atoms with van der Waals surface area (Å²) in [6.45, 7) is 7.05. The highest BCUT2D eigenvalue weighted by Gasteiger charge is 2.17. The third kappa shape index (κ3) is 4.63. The molecular formula is C21H24N6O2S. The van der Waals surface area contributed by atoms with Crippen LogP contribution in [0.1, 0.15) is 11.1 Å². The number of nitrogens with one attached hydrogen (secondary N) is 1. The monoisotopic (exact) mass is 424 g/mol. The fourth-order valence-corrected chi connectivity index (χ4v) is 4.03. The third-order valence-electron chi connectivity index (χ3n) is 4.90. The second-order valence-corrected chi connectivity index (χ2v) is 8.06. The van der Waals surface area contributed by atoms with Crippen molar-refractivity contribution in [2.24, 2.45) is 0 Å². The number of aryl methyl sites for hydroxylation is 2. The van der Waals surface area contributed by atoms with Gasteiger partial charge in [0.15, 0.2) is 0 Å². The molecule has 4 rings (SSSR count). The Labute approximate surface area is 179 Å². The fourth-order valence-electron chi connectivity index (χ4n) is 3.34. The van der Waals surface area contributed by atoms with Crippen LogP contribution >= 0.6 is 11.8 Å². The number of carbonyl (C=O) groups is 1. The largest absolute Gasteiger partial charge is 0.378 e. The molecule has 3 aromatic rings. The van der Waals surface area contributed by atoms with Crippen LogP contribution < -0.4 is 10.2 Å². The van der Waals surface area contributed by atoms with Crippen LogP contribution in [0.3, 0.4) is 0 Å². The number of morpholine rings is 1. The van der Waals surface area contributed by atoms with Crippen molar-refractivity contribution in [2.75, 3.05) is 42.3 Å². The molecule has 0 saturated carbocycles. The Bertz CT molecular complexity index is 1030. The van der Waals surface area contributed by atoms with E-state index < -0.39 is 0 Å². The summed E-state index contributed by atoms with van der Waals surface area (Å²) in [5.41, 5.74) is 4.93. The molecule has 1 amide bonds. The van der Waals surface area contributed by atoms with Gasteiger partial charge in [-0.05, 0) is 53.6 Å². The maximum Gasteiger partial charge on any atom is 0.234 e. The van der Waals surface area contributed by atoms with Crippen molar-refractivity contribution < 1.29 is 9.53 Å². The van der Waals surface area contributed by atoms with E-state index in [0.29, 0.717) is 18.4 Å². The lowest BCUT2D eigenvalue weighted by molar-refractivity contribution is -0.113. The molecule has 0 aliphatic carbocycles. The van der Waals surface area contributed by atoms with Gasteiger partial charge in [0.1, 0.15) is 0 Å². The topological polar surface area (TPSA) is 85.2 Å². The van der Waals surface area contributed by atoms with Crippen LogP contribution in [0.4, 0.5) is 11.4 Å². The van der Waals surface area contributed by atoms with Crippen molar-refractivity contribution in [1.82, 2.24) is 20.2 Å². The molecule has 1 N–H and O–H groups in total. The SMILES string of the molecule is Cc1ccc(C)c(-n2nnnc2SCC(=O)Nc2ccccc2N2CCOCC2)c1. The molecule has 0 bridgehead atoms. The molecule has 1 saturated heterocycles. The Balaban J connectivity index is 1.44. The minimum absolute atomic E-state index is 0.101. The molecule has 0 radical (unpaired) electrons. The lowest BCUT2D eigenvalue weighted by Gasteiger charge is -2.30. The number of tetrazole rings is 1. The smallest absolute Gasteiger partial charge is 0.234 e. The van der Waals surface area contributed by atoms with Crippen molar-refractivity contribution >= 4 is 29.0 Å². The van der Waals surface area contributed by atoms with Gasteiger partial charge in [-0.3, -0.25) is 4.79 Å². The molecule has 1 aliphatic rings. The van der Waals surface area contributed by atoms with Crippen molar-refractivity contribution in [2.45, 2.75) is 19.0 Å². The average Bonchev–Trinajstić information content (AvgIpc) is 3.23. The summed E-state index contributed by atoms with van der Waals surface area (Å²) in [4.78, 5) is 14.9. The average molecular weight is 425 g/mol. The molecule has 0 unspecified atom stereocenters. The van der Waals surface area contributed by atoms with Crippen molar-refractivity contribution in [1.29, 1.82) is 0 Å². The minimum Gasteiger partial charge on any atom is -0.378 e. The summed E-state index contributed by atoms with van der Waals surface area (Å²) in [7, 11) is 0. The second-order valence-electron chi connectivity index (χ2n) is 7.12. The number of hydrogen-bond acceptors (Lipinski definition) is 7. The van der Waals surface area contributed by atoms with E-state index in [1.165, 1.54) is 11.8 Å². The molecule has 0 spiro atoms. The lowest BCUT2D eigenvalue weighted by atomic mass is 10.1. The highest BCUT2D eigenvalue weighted by Crippen LogP contribution is 2.27. The van der Waals surface area contributed by atoms with Gasteiger partial charge in [-0.2, -0.15) is 4.68 Å². The number of para-hydroxylation sites is 2. The van der Waals surface area contributed by atoms with E-state index in [4.69, 9.17) is 4.74 Å². The normalized spacial score (nSPS) is 14.0. The van der Waals surface area contributed by atoms with Crippen LogP contribution in [0.15, 0.2) is 47.6 Å².